The maximum absolute atomic E-state index is 11.7. The van der Waals surface area contributed by atoms with E-state index in [2.05, 4.69) is 10.6 Å². The van der Waals surface area contributed by atoms with Crippen molar-refractivity contribution in [1.82, 2.24) is 10.6 Å². The fourth-order valence-electron chi connectivity index (χ4n) is 1.58. The van der Waals surface area contributed by atoms with Crippen molar-refractivity contribution >= 4 is 22.9 Å². The smallest absolute Gasteiger partial charge is 0.279 e. The number of thioether (sulfide) groups is 1. The molecule has 1 rings (SSSR count). The van der Waals surface area contributed by atoms with E-state index in [4.69, 9.17) is 5.11 Å². The van der Waals surface area contributed by atoms with Gasteiger partial charge in [0.05, 0.1) is 12.6 Å². The number of hydrogen-bond donors (Lipinski definition) is 3. The second-order valence-corrected chi connectivity index (χ2v) is 5.31. The average Bonchev–Trinajstić information content (AvgIpc) is 2.63. The summed E-state index contributed by atoms with van der Waals surface area (Å²) in [5.74, 6) is 0.660. The molecule has 1 fully saturated rings. The molecule has 2 unspecified atom stereocenters. The highest BCUT2D eigenvalue weighted by Gasteiger charge is 2.29. The van der Waals surface area contributed by atoms with Crippen molar-refractivity contribution in [3.8, 4) is 0 Å². The zero-order valence-corrected chi connectivity index (χ0v) is 10.3. The van der Waals surface area contributed by atoms with Gasteiger partial charge < -0.3 is 15.7 Å². The lowest BCUT2D eigenvalue weighted by Crippen LogP contribution is -2.48. The predicted octanol–water partition coefficient (Wildman–Crippen LogP) is 0.335. The summed E-state index contributed by atoms with van der Waals surface area (Å²) in [6.45, 7) is 3.99. The van der Waals surface area contributed by atoms with E-state index in [0.29, 0.717) is 11.7 Å². The maximum atomic E-state index is 11.7. The monoisotopic (exact) mass is 246 g/mol. The molecule has 0 bridgehead atoms. The van der Waals surface area contributed by atoms with Crippen LogP contribution in [0.2, 0.25) is 0 Å². The molecule has 0 aromatic heterocycles. The third kappa shape index (κ3) is 4.02. The minimum Gasteiger partial charge on any atom is -0.394 e. The van der Waals surface area contributed by atoms with Crippen molar-refractivity contribution in [2.75, 3.05) is 12.4 Å². The number of carbonyl (C=O) groups excluding carboxylic acids is 2. The molecule has 3 N–H and O–H groups in total. The Hall–Kier alpha value is -0.750. The van der Waals surface area contributed by atoms with E-state index in [-0.39, 0.29) is 23.8 Å². The lowest BCUT2D eigenvalue weighted by atomic mass is 10.0. The Balaban J connectivity index is 2.39. The van der Waals surface area contributed by atoms with Gasteiger partial charge in [0.1, 0.15) is 6.04 Å². The van der Waals surface area contributed by atoms with Crippen LogP contribution in [-0.2, 0) is 4.79 Å². The zero-order chi connectivity index (χ0) is 12.1. The highest BCUT2D eigenvalue weighted by Crippen LogP contribution is 2.13. The topological polar surface area (TPSA) is 78.4 Å². The van der Waals surface area contributed by atoms with Crippen LogP contribution in [0.4, 0.5) is 4.79 Å². The van der Waals surface area contributed by atoms with Gasteiger partial charge in [0.15, 0.2) is 0 Å². The summed E-state index contributed by atoms with van der Waals surface area (Å²) in [6, 6.07) is -0.686. The summed E-state index contributed by atoms with van der Waals surface area (Å²) in [5, 5.41) is 14.3. The van der Waals surface area contributed by atoms with Gasteiger partial charge >= 0.3 is 0 Å². The number of hydrogen-bond acceptors (Lipinski definition) is 4. The number of aliphatic hydroxyl groups is 1. The highest BCUT2D eigenvalue weighted by molar-refractivity contribution is 8.14. The normalized spacial score (nSPS) is 22.0. The van der Waals surface area contributed by atoms with Crippen molar-refractivity contribution in [3.05, 3.63) is 0 Å². The van der Waals surface area contributed by atoms with Gasteiger partial charge in [-0.05, 0) is 12.3 Å². The fraction of sp³-hybridized carbons (Fsp3) is 0.800. The van der Waals surface area contributed by atoms with Crippen LogP contribution < -0.4 is 10.6 Å². The highest BCUT2D eigenvalue weighted by atomic mass is 32.2. The van der Waals surface area contributed by atoms with Crippen LogP contribution in [0, 0.1) is 5.92 Å². The molecule has 1 aliphatic heterocycles. The Kier molecular flexibility index (Phi) is 5.08. The molecule has 5 nitrogen and oxygen atoms in total. The summed E-state index contributed by atoms with van der Waals surface area (Å²) in [4.78, 5) is 22.6. The van der Waals surface area contributed by atoms with Gasteiger partial charge in [0.2, 0.25) is 5.91 Å². The van der Waals surface area contributed by atoms with E-state index < -0.39 is 6.04 Å². The van der Waals surface area contributed by atoms with Gasteiger partial charge in [0, 0.05) is 5.75 Å². The quantitative estimate of drug-likeness (QED) is 0.653. The Labute approximate surface area is 99.4 Å². The molecule has 0 aliphatic carbocycles. The fourth-order valence-corrected chi connectivity index (χ4v) is 2.35. The molecule has 0 spiro atoms. The number of carbonyl (C=O) groups is 2. The zero-order valence-electron chi connectivity index (χ0n) is 9.53. The number of rotatable bonds is 5. The van der Waals surface area contributed by atoms with Gasteiger partial charge in [-0.1, -0.05) is 25.6 Å². The molecule has 0 saturated carbocycles. The predicted molar refractivity (Wildman–Crippen MR) is 63.2 cm³/mol. The first-order valence-corrected chi connectivity index (χ1v) is 6.36. The molecule has 0 radical (unpaired) electrons. The Morgan fingerprint density at radius 1 is 1.69 bits per heavy atom. The SMILES string of the molecule is CC(C)CC(CO)NC(=O)C1CSC(=O)N1. The molecule has 0 aromatic rings. The third-order valence-corrected chi connectivity index (χ3v) is 3.19. The van der Waals surface area contributed by atoms with Crippen LogP contribution in [0.1, 0.15) is 20.3 Å². The van der Waals surface area contributed by atoms with Crippen LogP contribution in [0.3, 0.4) is 0 Å². The Morgan fingerprint density at radius 3 is 2.81 bits per heavy atom. The first-order chi connectivity index (χ1) is 7.52. The third-order valence-electron chi connectivity index (χ3n) is 2.31. The van der Waals surface area contributed by atoms with Crippen LogP contribution in [0.5, 0.6) is 0 Å². The van der Waals surface area contributed by atoms with Crippen molar-refractivity contribution in [1.29, 1.82) is 0 Å². The van der Waals surface area contributed by atoms with Crippen molar-refractivity contribution in [2.24, 2.45) is 5.92 Å². The number of aliphatic hydroxyl groups excluding tert-OH is 1. The summed E-state index contributed by atoms with van der Waals surface area (Å²) in [6.07, 6.45) is 0.732. The van der Waals surface area contributed by atoms with Crippen molar-refractivity contribution < 1.29 is 14.7 Å². The molecule has 92 valence electrons. The second kappa shape index (κ2) is 6.10. The Bertz CT molecular complexity index is 271. The molecule has 2 amide bonds. The maximum Gasteiger partial charge on any atom is 0.279 e. The first-order valence-electron chi connectivity index (χ1n) is 5.37. The van der Waals surface area contributed by atoms with Crippen LogP contribution in [0.15, 0.2) is 0 Å². The van der Waals surface area contributed by atoms with Crippen molar-refractivity contribution in [3.63, 3.8) is 0 Å². The van der Waals surface area contributed by atoms with E-state index in [1.807, 2.05) is 13.8 Å². The van der Waals surface area contributed by atoms with E-state index in [9.17, 15) is 9.59 Å². The molecule has 6 heteroatoms. The molecular formula is C10H18N2O3S. The number of nitrogens with one attached hydrogen (secondary N) is 2. The summed E-state index contributed by atoms with van der Waals surface area (Å²) >= 11 is 1.11. The van der Waals surface area contributed by atoms with E-state index in [1.165, 1.54) is 0 Å². The summed E-state index contributed by atoms with van der Waals surface area (Å²) in [7, 11) is 0. The van der Waals surface area contributed by atoms with Crippen molar-refractivity contribution in [2.45, 2.75) is 32.4 Å². The number of amides is 2. The van der Waals surface area contributed by atoms with Gasteiger partial charge in [0.25, 0.3) is 5.24 Å². The second-order valence-electron chi connectivity index (χ2n) is 4.31. The first kappa shape index (κ1) is 13.3. The summed E-state index contributed by atoms with van der Waals surface area (Å²) < 4.78 is 0. The van der Waals surface area contributed by atoms with E-state index in [0.717, 1.165) is 18.2 Å². The van der Waals surface area contributed by atoms with Crippen LogP contribution >= 0.6 is 11.8 Å². The largest absolute Gasteiger partial charge is 0.394 e. The minimum atomic E-state index is -0.460. The lowest BCUT2D eigenvalue weighted by Gasteiger charge is -2.20. The Morgan fingerprint density at radius 2 is 2.38 bits per heavy atom. The van der Waals surface area contributed by atoms with Crippen LogP contribution in [-0.4, -0.2) is 40.7 Å². The van der Waals surface area contributed by atoms with Crippen LogP contribution in [0.25, 0.3) is 0 Å². The van der Waals surface area contributed by atoms with E-state index >= 15 is 0 Å². The van der Waals surface area contributed by atoms with Gasteiger partial charge in [-0.25, -0.2) is 0 Å². The molecule has 1 heterocycles. The standard InChI is InChI=1S/C10H18N2O3S/c1-6(2)3-7(4-13)11-9(14)8-5-16-10(15)12-8/h6-8,13H,3-5H2,1-2H3,(H,11,14)(H,12,15). The molecule has 1 aliphatic rings. The minimum absolute atomic E-state index is 0.0717. The molecule has 2 atom stereocenters. The van der Waals surface area contributed by atoms with Gasteiger partial charge in [-0.2, -0.15) is 0 Å². The lowest BCUT2D eigenvalue weighted by molar-refractivity contribution is -0.123. The van der Waals surface area contributed by atoms with Gasteiger partial charge in [-0.15, -0.1) is 0 Å². The van der Waals surface area contributed by atoms with Gasteiger partial charge in [-0.3, -0.25) is 9.59 Å². The summed E-state index contributed by atoms with van der Waals surface area (Å²) in [5.41, 5.74) is 0. The molecule has 1 saturated heterocycles. The molecular weight excluding hydrogens is 228 g/mol. The molecule has 16 heavy (non-hydrogen) atoms. The average molecular weight is 246 g/mol. The van der Waals surface area contributed by atoms with E-state index in [1.54, 1.807) is 0 Å². The molecule has 0 aromatic carbocycles.